The van der Waals surface area contributed by atoms with E-state index in [9.17, 15) is 13.2 Å². The van der Waals surface area contributed by atoms with Crippen LogP contribution in [0, 0.1) is 11.3 Å². The third kappa shape index (κ3) is 3.51. The van der Waals surface area contributed by atoms with Gasteiger partial charge in [-0.3, -0.25) is 9.78 Å². The summed E-state index contributed by atoms with van der Waals surface area (Å²) in [5.41, 5.74) is 2.22. The summed E-state index contributed by atoms with van der Waals surface area (Å²) in [6, 6.07) is 10.1. The lowest BCUT2D eigenvalue weighted by molar-refractivity contribution is -0.116. The summed E-state index contributed by atoms with van der Waals surface area (Å²) in [4.78, 5) is 19.1. The normalized spacial score (nSPS) is 20.1. The van der Waals surface area contributed by atoms with Crippen LogP contribution in [0.2, 0.25) is 0 Å². The van der Waals surface area contributed by atoms with Crippen molar-refractivity contribution in [1.29, 1.82) is 5.26 Å². The molecule has 9 heteroatoms. The summed E-state index contributed by atoms with van der Waals surface area (Å²) in [5.74, 6) is -0.906. The maximum Gasteiger partial charge on any atom is 0.244 e. The van der Waals surface area contributed by atoms with E-state index in [-0.39, 0.29) is 10.8 Å². The van der Waals surface area contributed by atoms with Crippen molar-refractivity contribution < 1.29 is 13.2 Å². The Morgan fingerprint density at radius 1 is 1.21 bits per heavy atom. The van der Waals surface area contributed by atoms with Gasteiger partial charge in [0.25, 0.3) is 0 Å². The van der Waals surface area contributed by atoms with Crippen LogP contribution in [0.3, 0.4) is 0 Å². The Labute approximate surface area is 169 Å². The Bertz CT molecular complexity index is 1080. The van der Waals surface area contributed by atoms with E-state index in [0.717, 1.165) is 6.54 Å². The monoisotopic (exact) mass is 411 g/mol. The molecule has 29 heavy (non-hydrogen) atoms. The quantitative estimate of drug-likeness (QED) is 0.814. The highest BCUT2D eigenvalue weighted by molar-refractivity contribution is 7.89. The number of carbonyl (C=O) groups excluding carboxylic acids is 1. The first-order chi connectivity index (χ1) is 13.9. The number of sulfonamides is 1. The first-order valence-corrected chi connectivity index (χ1v) is 10.9. The number of amides is 1. The fraction of sp³-hybridized carbons (Fsp3) is 0.350. The van der Waals surface area contributed by atoms with Crippen molar-refractivity contribution in [3.05, 3.63) is 53.3 Å². The number of rotatable bonds is 4. The van der Waals surface area contributed by atoms with Crippen molar-refractivity contribution in [3.63, 3.8) is 0 Å². The number of likely N-dealkylation sites (N-methyl/N-ethyl adjacent to an activating group) is 1. The second kappa shape index (κ2) is 7.55. The molecule has 2 aliphatic heterocycles. The maximum absolute atomic E-state index is 12.9. The Kier molecular flexibility index (Phi) is 5.08. The van der Waals surface area contributed by atoms with Gasteiger partial charge < -0.3 is 10.2 Å². The number of nitriles is 1. The predicted octanol–water partition coefficient (Wildman–Crippen LogP) is 1.36. The summed E-state index contributed by atoms with van der Waals surface area (Å²) < 4.78 is 27.3. The van der Waals surface area contributed by atoms with Gasteiger partial charge in [-0.05, 0) is 42.4 Å². The second-order valence-corrected chi connectivity index (χ2v) is 9.03. The van der Waals surface area contributed by atoms with E-state index in [4.69, 9.17) is 5.26 Å². The molecule has 1 aromatic heterocycles. The van der Waals surface area contributed by atoms with E-state index in [0.29, 0.717) is 48.7 Å². The van der Waals surface area contributed by atoms with Crippen molar-refractivity contribution in [2.75, 3.05) is 38.0 Å². The Hall–Kier alpha value is -2.80. The number of nitrogens with one attached hydrogen (secondary N) is 1. The van der Waals surface area contributed by atoms with Gasteiger partial charge in [0.15, 0.2) is 0 Å². The van der Waals surface area contributed by atoms with Crippen LogP contribution in [-0.4, -0.2) is 61.2 Å². The molecule has 1 unspecified atom stereocenters. The van der Waals surface area contributed by atoms with Crippen LogP contribution in [-0.2, 0) is 14.8 Å². The van der Waals surface area contributed by atoms with Gasteiger partial charge in [-0.2, -0.15) is 9.57 Å². The Morgan fingerprint density at radius 3 is 2.59 bits per heavy atom. The van der Waals surface area contributed by atoms with Crippen LogP contribution >= 0.6 is 0 Å². The summed E-state index contributed by atoms with van der Waals surface area (Å²) in [6.45, 7) is 5.29. The van der Waals surface area contributed by atoms with Crippen LogP contribution in [0.15, 0.2) is 41.4 Å². The van der Waals surface area contributed by atoms with Crippen molar-refractivity contribution in [3.8, 4) is 6.07 Å². The molecule has 4 rings (SSSR count). The van der Waals surface area contributed by atoms with Crippen molar-refractivity contribution in [2.24, 2.45) is 0 Å². The molecular weight excluding hydrogens is 390 g/mol. The number of piperazine rings is 1. The van der Waals surface area contributed by atoms with Crippen LogP contribution in [0.4, 0.5) is 5.69 Å². The van der Waals surface area contributed by atoms with Gasteiger partial charge in [0.05, 0.1) is 17.3 Å². The summed E-state index contributed by atoms with van der Waals surface area (Å²) in [6.07, 6.45) is 1.32. The van der Waals surface area contributed by atoms with Gasteiger partial charge in [0.1, 0.15) is 10.8 Å². The zero-order valence-electron chi connectivity index (χ0n) is 16.0. The lowest BCUT2D eigenvalue weighted by atomic mass is 9.95. The van der Waals surface area contributed by atoms with Gasteiger partial charge in [-0.15, -0.1) is 0 Å². The predicted molar refractivity (Wildman–Crippen MR) is 107 cm³/mol. The number of hydrogen-bond acceptors (Lipinski definition) is 6. The van der Waals surface area contributed by atoms with E-state index in [1.54, 1.807) is 24.3 Å². The molecule has 150 valence electrons. The topological polar surface area (TPSA) is 106 Å². The molecule has 0 saturated carbocycles. The summed E-state index contributed by atoms with van der Waals surface area (Å²) in [5, 5.41) is 11.9. The molecule has 3 heterocycles. The molecule has 1 atom stereocenters. The highest BCUT2D eigenvalue weighted by Gasteiger charge is 2.34. The highest BCUT2D eigenvalue weighted by atomic mass is 32.2. The Balaban J connectivity index is 1.59. The van der Waals surface area contributed by atoms with Crippen LogP contribution in [0.1, 0.15) is 29.7 Å². The molecule has 0 bridgehead atoms. The first kappa shape index (κ1) is 19.5. The molecule has 1 N–H and O–H groups in total. The molecule has 0 radical (unpaired) electrons. The number of pyridine rings is 1. The minimum Gasteiger partial charge on any atom is -0.325 e. The average Bonchev–Trinajstić information content (AvgIpc) is 3.08. The average molecular weight is 411 g/mol. The lowest BCUT2D eigenvalue weighted by Gasteiger charge is -2.33. The number of anilines is 1. The SMILES string of the molecule is CCN1CCN(S(=O)(=O)c2ccc(C3C(=O)Nc4ccc(C#N)cc43)nc2)CC1. The fourth-order valence-electron chi connectivity index (χ4n) is 3.77. The maximum atomic E-state index is 12.9. The fourth-order valence-corrected chi connectivity index (χ4v) is 5.14. The zero-order valence-corrected chi connectivity index (χ0v) is 16.8. The highest BCUT2D eigenvalue weighted by Crippen LogP contribution is 2.37. The van der Waals surface area contributed by atoms with E-state index in [2.05, 4.69) is 28.2 Å². The molecular formula is C20H21N5O3S. The van der Waals surface area contributed by atoms with Gasteiger partial charge in [-0.25, -0.2) is 8.42 Å². The summed E-state index contributed by atoms with van der Waals surface area (Å²) >= 11 is 0. The number of aromatic nitrogens is 1. The molecule has 1 fully saturated rings. The van der Waals surface area contributed by atoms with E-state index < -0.39 is 15.9 Å². The lowest BCUT2D eigenvalue weighted by Crippen LogP contribution is -2.48. The van der Waals surface area contributed by atoms with Gasteiger partial charge in [0, 0.05) is 38.1 Å². The number of hydrogen-bond donors (Lipinski definition) is 1. The first-order valence-electron chi connectivity index (χ1n) is 9.47. The smallest absolute Gasteiger partial charge is 0.244 e. The van der Waals surface area contributed by atoms with E-state index in [1.807, 2.05) is 0 Å². The molecule has 0 aliphatic carbocycles. The molecule has 2 aromatic rings. The number of fused-ring (bicyclic) bond motifs is 1. The third-order valence-electron chi connectivity index (χ3n) is 5.48. The largest absolute Gasteiger partial charge is 0.325 e. The molecule has 1 amide bonds. The van der Waals surface area contributed by atoms with Crippen LogP contribution in [0.25, 0.3) is 0 Å². The van der Waals surface area contributed by atoms with Crippen molar-refractivity contribution in [2.45, 2.75) is 17.7 Å². The standard InChI is InChI=1S/C20H21N5O3S/c1-2-24-7-9-25(10-8-24)29(27,28)15-4-6-18(22-13-15)19-16-11-14(12-21)3-5-17(16)23-20(19)26/h3-6,11,13,19H,2,7-10H2,1H3,(H,23,26). The van der Waals surface area contributed by atoms with Crippen LogP contribution < -0.4 is 5.32 Å². The zero-order chi connectivity index (χ0) is 20.6. The molecule has 1 saturated heterocycles. The molecule has 0 spiro atoms. The number of nitrogens with zero attached hydrogens (tertiary/aromatic N) is 4. The van der Waals surface area contributed by atoms with E-state index in [1.165, 1.54) is 16.6 Å². The number of carbonyl (C=O) groups is 1. The van der Waals surface area contributed by atoms with Gasteiger partial charge in [0.2, 0.25) is 15.9 Å². The third-order valence-corrected chi connectivity index (χ3v) is 7.37. The van der Waals surface area contributed by atoms with Crippen LogP contribution in [0.5, 0.6) is 0 Å². The van der Waals surface area contributed by atoms with Gasteiger partial charge in [-0.1, -0.05) is 6.92 Å². The van der Waals surface area contributed by atoms with Gasteiger partial charge >= 0.3 is 0 Å². The molecule has 1 aromatic carbocycles. The van der Waals surface area contributed by atoms with Crippen molar-refractivity contribution in [1.82, 2.24) is 14.2 Å². The van der Waals surface area contributed by atoms with E-state index >= 15 is 0 Å². The minimum absolute atomic E-state index is 0.121. The molecule has 2 aliphatic rings. The number of benzene rings is 1. The molecule has 8 nitrogen and oxygen atoms in total. The minimum atomic E-state index is -3.62. The van der Waals surface area contributed by atoms with Crippen molar-refractivity contribution >= 4 is 21.6 Å². The second-order valence-electron chi connectivity index (χ2n) is 7.09. The summed E-state index contributed by atoms with van der Waals surface area (Å²) in [7, 11) is -3.62. The Morgan fingerprint density at radius 2 is 1.97 bits per heavy atom.